The van der Waals surface area contributed by atoms with Gasteiger partial charge in [-0.05, 0) is 25.7 Å². The molecule has 1 spiro atoms. The van der Waals surface area contributed by atoms with E-state index in [1.807, 2.05) is 13.8 Å². The Morgan fingerprint density at radius 3 is 2.37 bits per heavy atom. The number of hydrogen-bond acceptors (Lipinski definition) is 4. The Morgan fingerprint density at radius 2 is 1.78 bits per heavy atom. The summed E-state index contributed by atoms with van der Waals surface area (Å²) in [6.07, 6.45) is 5.69. The number of carbonyl (C=O) groups excluding carboxylic acids is 4. The van der Waals surface area contributed by atoms with Gasteiger partial charge in [-0.1, -0.05) is 33.1 Å². The van der Waals surface area contributed by atoms with Gasteiger partial charge in [-0.2, -0.15) is 0 Å². The minimum absolute atomic E-state index is 0.0517. The molecule has 0 aromatic heterocycles. The molecular formula is C19H32N4O4. The lowest BCUT2D eigenvalue weighted by molar-refractivity contribution is -0.141. The fraction of sp³-hybridized carbons (Fsp3) is 0.789. The highest BCUT2D eigenvalue weighted by molar-refractivity contribution is 6.09. The number of carbonyl (C=O) groups is 4. The number of imide groups is 1. The van der Waals surface area contributed by atoms with Gasteiger partial charge < -0.3 is 15.1 Å². The highest BCUT2D eigenvalue weighted by Crippen LogP contribution is 2.39. The third-order valence-electron chi connectivity index (χ3n) is 5.53. The van der Waals surface area contributed by atoms with Gasteiger partial charge in [0.1, 0.15) is 12.1 Å². The molecule has 5 amide bonds. The van der Waals surface area contributed by atoms with Gasteiger partial charge in [0.2, 0.25) is 11.8 Å². The van der Waals surface area contributed by atoms with Crippen LogP contribution in [0.3, 0.4) is 0 Å². The SMILES string of the molecule is CCCNC(=O)CN(CCC)C(=O)CN1C(=O)N(C)C2(CCCCC2)C1=O. The van der Waals surface area contributed by atoms with Crippen LogP contribution < -0.4 is 5.32 Å². The molecule has 2 fully saturated rings. The Hall–Kier alpha value is -2.12. The molecule has 1 aliphatic carbocycles. The highest BCUT2D eigenvalue weighted by Gasteiger charge is 2.55. The monoisotopic (exact) mass is 380 g/mol. The Labute approximate surface area is 161 Å². The molecule has 0 atom stereocenters. The van der Waals surface area contributed by atoms with E-state index in [9.17, 15) is 19.2 Å². The molecule has 1 saturated carbocycles. The summed E-state index contributed by atoms with van der Waals surface area (Å²) < 4.78 is 0. The molecule has 0 aromatic carbocycles. The van der Waals surface area contributed by atoms with Gasteiger partial charge in [-0.3, -0.25) is 19.3 Å². The Bertz CT molecular complexity index is 586. The van der Waals surface area contributed by atoms with Gasteiger partial charge >= 0.3 is 6.03 Å². The molecular weight excluding hydrogens is 348 g/mol. The van der Waals surface area contributed by atoms with Crippen LogP contribution in [0.25, 0.3) is 0 Å². The van der Waals surface area contributed by atoms with Crippen molar-refractivity contribution in [1.29, 1.82) is 0 Å². The van der Waals surface area contributed by atoms with Crippen LogP contribution in [0.4, 0.5) is 4.79 Å². The summed E-state index contributed by atoms with van der Waals surface area (Å²) in [4.78, 5) is 54.4. The van der Waals surface area contributed by atoms with Crippen molar-refractivity contribution in [2.24, 2.45) is 0 Å². The fourth-order valence-corrected chi connectivity index (χ4v) is 3.96. The second-order valence-electron chi connectivity index (χ2n) is 7.49. The van der Waals surface area contributed by atoms with E-state index in [-0.39, 0.29) is 30.8 Å². The number of likely N-dealkylation sites (N-methyl/N-ethyl adjacent to an activating group) is 1. The van der Waals surface area contributed by atoms with E-state index in [0.29, 0.717) is 32.4 Å². The van der Waals surface area contributed by atoms with Gasteiger partial charge in [-0.15, -0.1) is 0 Å². The van der Waals surface area contributed by atoms with Crippen molar-refractivity contribution in [3.05, 3.63) is 0 Å². The van der Waals surface area contributed by atoms with Gasteiger partial charge in [0.25, 0.3) is 5.91 Å². The molecule has 2 rings (SSSR count). The maximum atomic E-state index is 13.0. The summed E-state index contributed by atoms with van der Waals surface area (Å²) in [5.74, 6) is -0.861. The second-order valence-corrected chi connectivity index (χ2v) is 7.49. The van der Waals surface area contributed by atoms with Gasteiger partial charge in [0, 0.05) is 20.1 Å². The van der Waals surface area contributed by atoms with E-state index in [4.69, 9.17) is 0 Å². The summed E-state index contributed by atoms with van der Waals surface area (Å²) in [5.41, 5.74) is -0.788. The van der Waals surface area contributed by atoms with Crippen LogP contribution in [0.15, 0.2) is 0 Å². The average molecular weight is 380 g/mol. The molecule has 1 heterocycles. The third kappa shape index (κ3) is 4.42. The number of hydrogen-bond donors (Lipinski definition) is 1. The zero-order chi connectivity index (χ0) is 20.0. The Morgan fingerprint density at radius 1 is 1.11 bits per heavy atom. The minimum atomic E-state index is -0.788. The predicted octanol–water partition coefficient (Wildman–Crippen LogP) is 1.35. The molecule has 1 saturated heterocycles. The van der Waals surface area contributed by atoms with Crippen LogP contribution in [0, 0.1) is 0 Å². The summed E-state index contributed by atoms with van der Waals surface area (Å²) >= 11 is 0. The van der Waals surface area contributed by atoms with Crippen molar-refractivity contribution in [2.75, 3.05) is 33.2 Å². The lowest BCUT2D eigenvalue weighted by Gasteiger charge is -2.35. The number of amides is 5. The molecule has 152 valence electrons. The smallest absolute Gasteiger partial charge is 0.327 e. The summed E-state index contributed by atoms with van der Waals surface area (Å²) in [7, 11) is 1.65. The van der Waals surface area contributed by atoms with Crippen molar-refractivity contribution >= 4 is 23.8 Å². The van der Waals surface area contributed by atoms with Crippen LogP contribution in [-0.2, 0) is 14.4 Å². The van der Waals surface area contributed by atoms with E-state index >= 15 is 0 Å². The zero-order valence-corrected chi connectivity index (χ0v) is 16.8. The average Bonchev–Trinajstić information content (AvgIpc) is 2.83. The van der Waals surface area contributed by atoms with Crippen LogP contribution in [-0.4, -0.2) is 77.2 Å². The first kappa shape index (κ1) is 21.2. The van der Waals surface area contributed by atoms with Gasteiger partial charge in [-0.25, -0.2) is 4.79 Å². The molecule has 0 bridgehead atoms. The molecule has 8 nitrogen and oxygen atoms in total. The predicted molar refractivity (Wildman–Crippen MR) is 101 cm³/mol. The molecule has 1 N–H and O–H groups in total. The topological polar surface area (TPSA) is 90.0 Å². The maximum absolute atomic E-state index is 13.0. The van der Waals surface area contributed by atoms with E-state index in [1.165, 1.54) is 9.80 Å². The van der Waals surface area contributed by atoms with E-state index in [2.05, 4.69) is 5.32 Å². The number of nitrogens with zero attached hydrogens (tertiary/aromatic N) is 3. The normalized spacial score (nSPS) is 18.9. The number of nitrogens with one attached hydrogen (secondary N) is 1. The summed E-state index contributed by atoms with van der Waals surface area (Å²) in [6.45, 7) is 4.49. The van der Waals surface area contributed by atoms with Gasteiger partial charge in [0.05, 0.1) is 6.54 Å². The molecule has 0 unspecified atom stereocenters. The molecule has 27 heavy (non-hydrogen) atoms. The first-order chi connectivity index (χ1) is 12.9. The third-order valence-corrected chi connectivity index (χ3v) is 5.53. The lowest BCUT2D eigenvalue weighted by atomic mass is 9.81. The lowest BCUT2D eigenvalue weighted by Crippen LogP contribution is -2.50. The molecule has 0 aromatic rings. The summed E-state index contributed by atoms with van der Waals surface area (Å²) in [5, 5.41) is 2.75. The Kier molecular flexibility index (Phi) is 7.21. The first-order valence-corrected chi connectivity index (χ1v) is 10.0. The summed E-state index contributed by atoms with van der Waals surface area (Å²) in [6, 6.07) is -0.415. The van der Waals surface area contributed by atoms with Crippen LogP contribution in [0.5, 0.6) is 0 Å². The highest BCUT2D eigenvalue weighted by atomic mass is 16.2. The fourth-order valence-electron chi connectivity index (χ4n) is 3.96. The van der Waals surface area contributed by atoms with Crippen LogP contribution in [0.1, 0.15) is 58.8 Å². The van der Waals surface area contributed by atoms with Crippen molar-refractivity contribution in [3.8, 4) is 0 Å². The van der Waals surface area contributed by atoms with Crippen molar-refractivity contribution in [3.63, 3.8) is 0 Å². The van der Waals surface area contributed by atoms with Crippen molar-refractivity contribution in [1.82, 2.24) is 20.0 Å². The number of urea groups is 1. The standard InChI is InChI=1S/C19H32N4O4/c1-4-11-20-15(24)13-22(12-5-2)16(25)14-23-17(26)19(21(3)18(23)27)9-7-6-8-10-19/h4-14H2,1-3H3,(H,20,24). The molecule has 8 heteroatoms. The molecule has 0 radical (unpaired) electrons. The second kappa shape index (κ2) is 9.19. The molecule has 1 aliphatic heterocycles. The first-order valence-electron chi connectivity index (χ1n) is 10.0. The maximum Gasteiger partial charge on any atom is 0.327 e. The van der Waals surface area contributed by atoms with Crippen molar-refractivity contribution in [2.45, 2.75) is 64.3 Å². The van der Waals surface area contributed by atoms with E-state index < -0.39 is 11.6 Å². The number of rotatable bonds is 8. The van der Waals surface area contributed by atoms with E-state index in [0.717, 1.165) is 30.6 Å². The van der Waals surface area contributed by atoms with Crippen LogP contribution >= 0.6 is 0 Å². The van der Waals surface area contributed by atoms with Crippen LogP contribution in [0.2, 0.25) is 0 Å². The van der Waals surface area contributed by atoms with E-state index in [1.54, 1.807) is 7.05 Å². The van der Waals surface area contributed by atoms with Crippen molar-refractivity contribution < 1.29 is 19.2 Å². The Balaban J connectivity index is 2.06. The molecule has 2 aliphatic rings. The largest absolute Gasteiger partial charge is 0.355 e. The minimum Gasteiger partial charge on any atom is -0.355 e. The quantitative estimate of drug-likeness (QED) is 0.644. The zero-order valence-electron chi connectivity index (χ0n) is 16.8. The van der Waals surface area contributed by atoms with Gasteiger partial charge in [0.15, 0.2) is 0 Å².